The first kappa shape index (κ1) is 25.1. The zero-order valence-corrected chi connectivity index (χ0v) is 19.3. The first-order valence-corrected chi connectivity index (χ1v) is 10.5. The van der Waals surface area contributed by atoms with E-state index in [1.165, 1.54) is 0 Å². The van der Waals surface area contributed by atoms with Crippen LogP contribution in [0.5, 0.6) is 0 Å². The third-order valence-corrected chi connectivity index (χ3v) is 5.35. The van der Waals surface area contributed by atoms with Gasteiger partial charge in [0.05, 0.1) is 18.0 Å². The van der Waals surface area contributed by atoms with Crippen molar-refractivity contribution in [2.24, 2.45) is 5.92 Å². The Morgan fingerprint density at radius 1 is 1.25 bits per heavy atom. The summed E-state index contributed by atoms with van der Waals surface area (Å²) in [6.07, 6.45) is 1.47. The highest BCUT2D eigenvalue weighted by atomic mass is 16.5. The number of rotatable bonds is 5. The molecule has 0 aliphatic carbocycles. The number of likely N-dealkylation sites (N-methyl/N-ethyl adjacent to an activating group) is 1. The van der Waals surface area contributed by atoms with E-state index in [0.717, 1.165) is 30.1 Å². The van der Waals surface area contributed by atoms with Gasteiger partial charge in [0.1, 0.15) is 23.0 Å². The highest BCUT2D eigenvalue weighted by Crippen LogP contribution is 2.20. The Bertz CT molecular complexity index is 921. The van der Waals surface area contributed by atoms with E-state index in [0.29, 0.717) is 31.0 Å². The van der Waals surface area contributed by atoms with Crippen molar-refractivity contribution in [2.45, 2.75) is 46.2 Å². The average Bonchev–Trinajstić information content (AvgIpc) is 3.22. The Hall–Kier alpha value is -3.14. The highest BCUT2D eigenvalue weighted by Gasteiger charge is 2.30. The van der Waals surface area contributed by atoms with Crippen molar-refractivity contribution in [3.05, 3.63) is 40.7 Å². The van der Waals surface area contributed by atoms with Crippen LogP contribution in [0.15, 0.2) is 21.1 Å². The predicted molar refractivity (Wildman–Crippen MR) is 116 cm³/mol. The summed E-state index contributed by atoms with van der Waals surface area (Å²) in [6.45, 7) is 7.00. The quantitative estimate of drug-likeness (QED) is 0.665. The van der Waals surface area contributed by atoms with Crippen LogP contribution in [0.4, 0.5) is 0 Å². The number of carbonyl (C=O) groups excluding carboxylic acids is 2. The highest BCUT2D eigenvalue weighted by molar-refractivity contribution is 5.95. The van der Waals surface area contributed by atoms with Crippen LogP contribution in [0.3, 0.4) is 0 Å². The fourth-order valence-electron chi connectivity index (χ4n) is 3.98. The van der Waals surface area contributed by atoms with Crippen LogP contribution in [0.1, 0.15) is 46.2 Å². The molecule has 176 valence electrons. The smallest absolute Gasteiger partial charge is 0.290 e. The maximum Gasteiger partial charge on any atom is 0.290 e. The fraction of sp³-hybridized carbons (Fsp3) is 0.545. The van der Waals surface area contributed by atoms with Gasteiger partial charge in [-0.3, -0.25) is 14.4 Å². The molecule has 2 amide bonds. The number of nitrogens with zero attached hydrogens (tertiary/aromatic N) is 3. The maximum absolute atomic E-state index is 12.9. The summed E-state index contributed by atoms with van der Waals surface area (Å²) in [5.74, 6) is 1.93. The largest absolute Gasteiger partial charge is 0.483 e. The molecule has 3 rings (SSSR count). The van der Waals surface area contributed by atoms with Crippen molar-refractivity contribution in [3.63, 3.8) is 0 Å². The van der Waals surface area contributed by atoms with Gasteiger partial charge in [-0.05, 0) is 46.7 Å². The zero-order chi connectivity index (χ0) is 23.8. The van der Waals surface area contributed by atoms with Gasteiger partial charge in [0.2, 0.25) is 5.91 Å². The van der Waals surface area contributed by atoms with E-state index < -0.39 is 0 Å². The Morgan fingerprint density at radius 3 is 2.50 bits per heavy atom. The zero-order valence-electron chi connectivity index (χ0n) is 19.3. The summed E-state index contributed by atoms with van der Waals surface area (Å²) in [5.41, 5.74) is 1.32. The number of hydrogen-bond donors (Lipinski definition) is 2. The lowest BCUT2D eigenvalue weighted by atomic mass is 10.00. The monoisotopic (exact) mass is 448 g/mol. The lowest BCUT2D eigenvalue weighted by Crippen LogP contribution is -2.42. The molecule has 1 fully saturated rings. The Balaban J connectivity index is 0.00000114. The Labute approximate surface area is 187 Å². The molecule has 0 aromatic carbocycles. The van der Waals surface area contributed by atoms with Crippen molar-refractivity contribution < 1.29 is 28.4 Å². The Kier molecular flexibility index (Phi) is 9.01. The number of aromatic nitrogens is 1. The summed E-state index contributed by atoms with van der Waals surface area (Å²) < 4.78 is 10.5. The Morgan fingerprint density at radius 2 is 1.94 bits per heavy atom. The van der Waals surface area contributed by atoms with Gasteiger partial charge in [0, 0.05) is 32.2 Å². The number of furan rings is 1. The predicted octanol–water partition coefficient (Wildman–Crippen LogP) is 1.99. The standard InChI is InChI=1S/C21H30N4O4.CH2O2/c1-13-9-19(15(3)28-13)20(26)22-17-7-6-16(10-24(4)11-17)21(27)25(5)12-18-8-14(2)29-23-18;2-1-3/h8-9,16-17H,6-7,10-12H2,1-5H3,(H,22,26);1H,(H,2,3)/t16-,17+;/m1./s1. The minimum Gasteiger partial charge on any atom is -0.483 e. The van der Waals surface area contributed by atoms with Crippen molar-refractivity contribution in [1.29, 1.82) is 0 Å². The fourth-order valence-corrected chi connectivity index (χ4v) is 3.98. The van der Waals surface area contributed by atoms with Crippen LogP contribution in [0.2, 0.25) is 0 Å². The van der Waals surface area contributed by atoms with Crippen LogP contribution >= 0.6 is 0 Å². The third-order valence-electron chi connectivity index (χ3n) is 5.35. The average molecular weight is 449 g/mol. The number of amides is 2. The molecule has 1 aliphatic rings. The minimum absolute atomic E-state index is 0.0107. The van der Waals surface area contributed by atoms with E-state index in [4.69, 9.17) is 18.8 Å². The van der Waals surface area contributed by atoms with Gasteiger partial charge in [-0.1, -0.05) is 5.16 Å². The minimum atomic E-state index is -0.250. The molecule has 1 saturated heterocycles. The molecular formula is C22H32N4O6. The van der Waals surface area contributed by atoms with E-state index in [1.807, 2.05) is 27.0 Å². The molecule has 0 spiro atoms. The summed E-state index contributed by atoms with van der Waals surface area (Å²) in [5, 5.41) is 14.0. The first-order valence-electron chi connectivity index (χ1n) is 10.5. The second kappa shape index (κ2) is 11.5. The number of aryl methyl sites for hydroxylation is 3. The number of carboxylic acid groups (broad SMARTS) is 1. The third kappa shape index (κ3) is 6.94. The normalized spacial score (nSPS) is 18.8. The molecule has 0 bridgehead atoms. The second-order valence-electron chi connectivity index (χ2n) is 8.22. The topological polar surface area (TPSA) is 129 Å². The van der Waals surface area contributed by atoms with Crippen LogP contribution in [-0.4, -0.2) is 71.6 Å². The molecule has 0 saturated carbocycles. The number of likely N-dealkylation sites (tertiary alicyclic amines) is 1. The van der Waals surface area contributed by atoms with Gasteiger partial charge in [0.15, 0.2) is 0 Å². The van der Waals surface area contributed by atoms with Crippen molar-refractivity contribution >= 4 is 18.3 Å². The van der Waals surface area contributed by atoms with Crippen molar-refractivity contribution in [3.8, 4) is 0 Å². The molecule has 10 heteroatoms. The van der Waals surface area contributed by atoms with Crippen molar-refractivity contribution in [2.75, 3.05) is 27.2 Å². The van der Waals surface area contributed by atoms with Gasteiger partial charge in [-0.2, -0.15) is 0 Å². The summed E-state index contributed by atoms with van der Waals surface area (Å²) in [6, 6.07) is 3.59. The molecule has 2 N–H and O–H groups in total. The number of carbonyl (C=O) groups is 3. The summed E-state index contributed by atoms with van der Waals surface area (Å²) in [7, 11) is 3.78. The molecule has 3 heterocycles. The molecule has 2 aromatic heterocycles. The SMILES string of the molecule is Cc1cc(CN(C)C(=O)[C@@H]2CC[C@H](NC(=O)c3cc(C)oc3C)CN(C)C2)no1.O=CO. The summed E-state index contributed by atoms with van der Waals surface area (Å²) >= 11 is 0. The van der Waals surface area contributed by atoms with Crippen LogP contribution in [0, 0.1) is 26.7 Å². The van der Waals surface area contributed by atoms with Gasteiger partial charge < -0.3 is 29.2 Å². The van der Waals surface area contributed by atoms with E-state index in [-0.39, 0.29) is 30.2 Å². The molecule has 0 radical (unpaired) electrons. The van der Waals surface area contributed by atoms with Gasteiger partial charge in [-0.15, -0.1) is 0 Å². The number of hydrogen-bond acceptors (Lipinski definition) is 7. The molecule has 10 nitrogen and oxygen atoms in total. The second-order valence-corrected chi connectivity index (χ2v) is 8.22. The van der Waals surface area contributed by atoms with E-state index >= 15 is 0 Å². The molecule has 32 heavy (non-hydrogen) atoms. The van der Waals surface area contributed by atoms with Gasteiger partial charge in [-0.25, -0.2) is 0 Å². The molecule has 2 atom stereocenters. The molecule has 1 aliphatic heterocycles. The molecule has 2 aromatic rings. The maximum atomic E-state index is 12.9. The van der Waals surface area contributed by atoms with Gasteiger partial charge >= 0.3 is 0 Å². The van der Waals surface area contributed by atoms with Crippen molar-refractivity contribution in [1.82, 2.24) is 20.3 Å². The van der Waals surface area contributed by atoms with E-state index in [1.54, 1.807) is 24.9 Å². The van der Waals surface area contributed by atoms with Crippen LogP contribution < -0.4 is 5.32 Å². The van der Waals surface area contributed by atoms with E-state index in [9.17, 15) is 9.59 Å². The van der Waals surface area contributed by atoms with E-state index in [2.05, 4.69) is 15.4 Å². The van der Waals surface area contributed by atoms with Crippen LogP contribution in [-0.2, 0) is 16.1 Å². The first-order chi connectivity index (χ1) is 15.1. The van der Waals surface area contributed by atoms with Crippen LogP contribution in [0.25, 0.3) is 0 Å². The molecule has 0 unspecified atom stereocenters. The lowest BCUT2D eigenvalue weighted by Gasteiger charge is -2.24. The van der Waals surface area contributed by atoms with Gasteiger partial charge in [0.25, 0.3) is 12.4 Å². The summed E-state index contributed by atoms with van der Waals surface area (Å²) in [4.78, 5) is 37.7. The number of nitrogens with one attached hydrogen (secondary N) is 1. The lowest BCUT2D eigenvalue weighted by molar-refractivity contribution is -0.135. The molecular weight excluding hydrogens is 416 g/mol.